The molecule has 0 radical (unpaired) electrons. The quantitative estimate of drug-likeness (QED) is 0.339. The first-order chi connectivity index (χ1) is 14.8. The number of guanidine groups is 1. The highest BCUT2D eigenvalue weighted by molar-refractivity contribution is 14.0. The first-order valence-electron chi connectivity index (χ1n) is 11.2. The molecule has 8 nitrogen and oxygen atoms in total. The fourth-order valence-corrected chi connectivity index (χ4v) is 4.04. The molecule has 0 spiro atoms. The second-order valence-corrected chi connectivity index (χ2v) is 9.19. The van der Waals surface area contributed by atoms with E-state index in [1.807, 2.05) is 32.9 Å². The maximum Gasteiger partial charge on any atom is 0.410 e. The molecule has 2 heterocycles. The van der Waals surface area contributed by atoms with Crippen molar-refractivity contribution in [2.45, 2.75) is 45.3 Å². The van der Waals surface area contributed by atoms with Gasteiger partial charge in [-0.15, -0.1) is 24.0 Å². The van der Waals surface area contributed by atoms with Crippen molar-refractivity contribution in [3.8, 4) is 5.75 Å². The van der Waals surface area contributed by atoms with Crippen molar-refractivity contribution in [2.75, 3.05) is 52.9 Å². The molecule has 0 aromatic heterocycles. The minimum atomic E-state index is -0.485. The third kappa shape index (κ3) is 7.40. The Hall–Kier alpha value is -1.75. The van der Waals surface area contributed by atoms with Crippen molar-refractivity contribution in [1.29, 1.82) is 0 Å². The number of nitrogens with two attached hydrogens (primary N) is 1. The topological polar surface area (TPSA) is 83.6 Å². The molecule has 0 saturated carbocycles. The summed E-state index contributed by atoms with van der Waals surface area (Å²) in [6.45, 7) is 10.9. The van der Waals surface area contributed by atoms with Gasteiger partial charge in [-0.1, -0.05) is 12.1 Å². The molecule has 2 aliphatic rings. The number of aliphatic imine (C=N–C) groups is 1. The molecule has 1 unspecified atom stereocenters. The minimum absolute atomic E-state index is 0. The molecule has 1 atom stereocenters. The molecule has 0 bridgehead atoms. The molecular formula is C23H38IN5O3. The van der Waals surface area contributed by atoms with Crippen molar-refractivity contribution in [3.63, 3.8) is 0 Å². The van der Waals surface area contributed by atoms with Gasteiger partial charge in [0.1, 0.15) is 11.4 Å². The van der Waals surface area contributed by atoms with Crippen LogP contribution in [0.1, 0.15) is 45.2 Å². The van der Waals surface area contributed by atoms with Crippen LogP contribution in [-0.2, 0) is 4.74 Å². The lowest BCUT2D eigenvalue weighted by molar-refractivity contribution is 0.0186. The van der Waals surface area contributed by atoms with Crippen LogP contribution in [0.2, 0.25) is 0 Å². The molecule has 1 aromatic rings. The molecule has 3 rings (SSSR count). The summed E-state index contributed by atoms with van der Waals surface area (Å²) in [5, 5.41) is 0. The molecule has 9 heteroatoms. The number of carbonyl (C=O) groups is 1. The van der Waals surface area contributed by atoms with Crippen LogP contribution in [0, 0.1) is 0 Å². The Kier molecular flexibility index (Phi) is 9.87. The molecule has 1 aromatic carbocycles. The van der Waals surface area contributed by atoms with E-state index in [1.165, 1.54) is 18.4 Å². The van der Waals surface area contributed by atoms with E-state index in [1.54, 1.807) is 12.0 Å². The number of hydrogen-bond donors (Lipinski definition) is 1. The maximum absolute atomic E-state index is 12.3. The average Bonchev–Trinajstić information content (AvgIpc) is 3.27. The Labute approximate surface area is 209 Å². The monoisotopic (exact) mass is 559 g/mol. The number of piperazine rings is 1. The SMILES string of the molecule is COc1ccc(C(CN=C(N)N2CCN(C(=O)OC(C)(C)C)CC2)N2CCCC2)cc1.I. The number of likely N-dealkylation sites (tertiary alicyclic amines) is 1. The van der Waals surface area contributed by atoms with Crippen molar-refractivity contribution < 1.29 is 14.3 Å². The van der Waals surface area contributed by atoms with E-state index in [0.29, 0.717) is 38.7 Å². The highest BCUT2D eigenvalue weighted by atomic mass is 127. The summed E-state index contributed by atoms with van der Waals surface area (Å²) in [7, 11) is 1.68. The van der Waals surface area contributed by atoms with Gasteiger partial charge in [-0.3, -0.25) is 9.89 Å². The van der Waals surface area contributed by atoms with Gasteiger partial charge in [-0.25, -0.2) is 4.79 Å². The Bertz CT molecular complexity index is 752. The van der Waals surface area contributed by atoms with E-state index < -0.39 is 5.60 Å². The highest BCUT2D eigenvalue weighted by Crippen LogP contribution is 2.27. The lowest BCUT2D eigenvalue weighted by Crippen LogP contribution is -2.53. The summed E-state index contributed by atoms with van der Waals surface area (Å²) in [5.41, 5.74) is 7.09. The van der Waals surface area contributed by atoms with Gasteiger partial charge >= 0.3 is 6.09 Å². The molecule has 180 valence electrons. The van der Waals surface area contributed by atoms with Crippen LogP contribution in [0.3, 0.4) is 0 Å². The maximum atomic E-state index is 12.3. The van der Waals surface area contributed by atoms with Gasteiger partial charge in [0.25, 0.3) is 0 Å². The first-order valence-corrected chi connectivity index (χ1v) is 11.2. The van der Waals surface area contributed by atoms with Crippen LogP contribution in [0.15, 0.2) is 29.3 Å². The van der Waals surface area contributed by atoms with Gasteiger partial charge in [0, 0.05) is 26.2 Å². The average molecular weight is 559 g/mol. The highest BCUT2D eigenvalue weighted by Gasteiger charge is 2.27. The Balaban J connectivity index is 0.00000363. The number of rotatable bonds is 5. The number of hydrogen-bond acceptors (Lipinski definition) is 5. The number of ether oxygens (including phenoxy) is 2. The smallest absolute Gasteiger partial charge is 0.410 e. The van der Waals surface area contributed by atoms with Crippen LogP contribution >= 0.6 is 24.0 Å². The Morgan fingerprint density at radius 3 is 2.12 bits per heavy atom. The van der Waals surface area contributed by atoms with Crippen molar-refractivity contribution in [1.82, 2.24) is 14.7 Å². The number of benzene rings is 1. The Morgan fingerprint density at radius 1 is 1.03 bits per heavy atom. The van der Waals surface area contributed by atoms with Crippen LogP contribution in [0.25, 0.3) is 0 Å². The molecular weight excluding hydrogens is 521 g/mol. The fraction of sp³-hybridized carbons (Fsp3) is 0.652. The van der Waals surface area contributed by atoms with Gasteiger partial charge < -0.3 is 25.0 Å². The van der Waals surface area contributed by atoms with E-state index in [2.05, 4.69) is 21.9 Å². The predicted molar refractivity (Wildman–Crippen MR) is 138 cm³/mol. The van der Waals surface area contributed by atoms with Gasteiger partial charge in [0.2, 0.25) is 0 Å². The molecule has 2 saturated heterocycles. The Morgan fingerprint density at radius 2 is 1.59 bits per heavy atom. The molecule has 2 aliphatic heterocycles. The van der Waals surface area contributed by atoms with Crippen LogP contribution in [-0.4, -0.2) is 85.3 Å². The molecule has 2 N–H and O–H groups in total. The number of nitrogens with zero attached hydrogens (tertiary/aromatic N) is 4. The van der Waals surface area contributed by atoms with Gasteiger partial charge in [0.15, 0.2) is 5.96 Å². The van der Waals surface area contributed by atoms with Crippen molar-refractivity contribution in [3.05, 3.63) is 29.8 Å². The fourth-order valence-electron chi connectivity index (χ4n) is 4.04. The van der Waals surface area contributed by atoms with Gasteiger partial charge in [-0.05, 0) is 64.4 Å². The first kappa shape index (κ1) is 26.5. The third-order valence-electron chi connectivity index (χ3n) is 5.76. The van der Waals surface area contributed by atoms with Crippen molar-refractivity contribution in [2.24, 2.45) is 10.7 Å². The van der Waals surface area contributed by atoms with Crippen LogP contribution < -0.4 is 10.5 Å². The normalized spacial score (nSPS) is 18.8. The second-order valence-electron chi connectivity index (χ2n) is 9.19. The number of amides is 1. The lowest BCUT2D eigenvalue weighted by atomic mass is 10.1. The standard InChI is InChI=1S/C23H37N5O3.HI/c1-23(2,3)31-22(29)28-15-13-27(14-16-28)21(24)25-17-20(26-11-5-6-12-26)18-7-9-19(30-4)10-8-18;/h7-10,20H,5-6,11-17H2,1-4H3,(H2,24,25);1H. The molecule has 1 amide bonds. The molecule has 0 aliphatic carbocycles. The van der Waals surface area contributed by atoms with E-state index in [0.717, 1.165) is 18.8 Å². The third-order valence-corrected chi connectivity index (χ3v) is 5.76. The largest absolute Gasteiger partial charge is 0.497 e. The van der Waals surface area contributed by atoms with Gasteiger partial charge in [-0.2, -0.15) is 0 Å². The zero-order valence-corrected chi connectivity index (χ0v) is 22.1. The summed E-state index contributed by atoms with van der Waals surface area (Å²) in [6.07, 6.45) is 2.17. The number of halogens is 1. The molecule has 2 fully saturated rings. The number of methoxy groups -OCH3 is 1. The second kappa shape index (κ2) is 11.9. The van der Waals surface area contributed by atoms with E-state index in [4.69, 9.17) is 20.2 Å². The minimum Gasteiger partial charge on any atom is -0.497 e. The summed E-state index contributed by atoms with van der Waals surface area (Å²) in [6, 6.07) is 8.44. The van der Waals surface area contributed by atoms with Gasteiger partial charge in [0.05, 0.1) is 19.7 Å². The van der Waals surface area contributed by atoms with E-state index in [9.17, 15) is 4.79 Å². The zero-order chi connectivity index (χ0) is 22.4. The van der Waals surface area contributed by atoms with Crippen molar-refractivity contribution >= 4 is 36.0 Å². The van der Waals surface area contributed by atoms with Crippen LogP contribution in [0.5, 0.6) is 5.75 Å². The summed E-state index contributed by atoms with van der Waals surface area (Å²) in [5.74, 6) is 1.40. The summed E-state index contributed by atoms with van der Waals surface area (Å²) >= 11 is 0. The zero-order valence-electron chi connectivity index (χ0n) is 19.7. The summed E-state index contributed by atoms with van der Waals surface area (Å²) < 4.78 is 10.8. The molecule has 32 heavy (non-hydrogen) atoms. The van der Waals surface area contributed by atoms with Crippen LogP contribution in [0.4, 0.5) is 4.79 Å². The van der Waals surface area contributed by atoms with E-state index in [-0.39, 0.29) is 36.1 Å². The van der Waals surface area contributed by atoms with E-state index >= 15 is 0 Å². The number of carbonyl (C=O) groups excluding carboxylic acids is 1. The lowest BCUT2D eigenvalue weighted by Gasteiger charge is -2.36. The summed E-state index contributed by atoms with van der Waals surface area (Å²) in [4.78, 5) is 23.3. The predicted octanol–water partition coefficient (Wildman–Crippen LogP) is 3.32.